The van der Waals surface area contributed by atoms with Gasteiger partial charge in [0.1, 0.15) is 0 Å². The Bertz CT molecular complexity index is 86.7. The first-order chi connectivity index (χ1) is 3.79. The van der Waals surface area contributed by atoms with E-state index < -0.39 is 0 Å². The molecule has 0 aliphatic carbocycles. The molecule has 46 valence electrons. The molecule has 2 unspecified atom stereocenters. The highest BCUT2D eigenvalue weighted by Crippen LogP contribution is 1.96. The fraction of sp³-hybridized carbons (Fsp3) is 0.833. The number of nitrogens with one attached hydrogen (secondary N) is 1. The van der Waals surface area contributed by atoms with Gasteiger partial charge in [0, 0.05) is 18.7 Å². The van der Waals surface area contributed by atoms with Gasteiger partial charge in [-0.1, -0.05) is 6.92 Å². The molecule has 0 amide bonds. The molecule has 1 heterocycles. The second-order valence-corrected chi connectivity index (χ2v) is 2.36. The summed E-state index contributed by atoms with van der Waals surface area (Å²) in [5, 5.41) is 3.23. The molecule has 8 heavy (non-hydrogen) atoms. The summed E-state index contributed by atoms with van der Waals surface area (Å²) in [6.07, 6.45) is 2.35. The molecular weight excluding hydrogens is 100 g/mol. The molecule has 0 spiro atoms. The van der Waals surface area contributed by atoms with Crippen LogP contribution in [-0.4, -0.2) is 18.9 Å². The lowest BCUT2D eigenvalue weighted by Gasteiger charge is -2.17. The third-order valence-electron chi connectivity index (χ3n) is 1.30. The van der Waals surface area contributed by atoms with Gasteiger partial charge in [0.05, 0.1) is 6.17 Å². The molecule has 1 aliphatic rings. The highest BCUT2D eigenvalue weighted by atomic mass is 15.1. The highest BCUT2D eigenvalue weighted by Gasteiger charge is 2.05. The van der Waals surface area contributed by atoms with Crippen molar-refractivity contribution in [2.24, 2.45) is 10.9 Å². The molecule has 2 atom stereocenters. The van der Waals surface area contributed by atoms with Gasteiger partial charge in [-0.2, -0.15) is 0 Å². The highest BCUT2D eigenvalue weighted by molar-refractivity contribution is 5.61. The Morgan fingerprint density at radius 2 is 2.38 bits per heavy atom. The maximum absolute atomic E-state index is 4.17. The van der Waals surface area contributed by atoms with E-state index in [1.807, 2.05) is 6.21 Å². The molecule has 0 saturated heterocycles. The zero-order valence-electron chi connectivity index (χ0n) is 5.39. The first kappa shape index (κ1) is 5.76. The van der Waals surface area contributed by atoms with Gasteiger partial charge >= 0.3 is 0 Å². The van der Waals surface area contributed by atoms with E-state index in [2.05, 4.69) is 24.2 Å². The van der Waals surface area contributed by atoms with E-state index in [0.717, 1.165) is 6.54 Å². The van der Waals surface area contributed by atoms with Gasteiger partial charge in [0.2, 0.25) is 0 Å². The fourth-order valence-electron chi connectivity index (χ4n) is 0.738. The average molecular weight is 112 g/mol. The Kier molecular flexibility index (Phi) is 1.63. The maximum Gasteiger partial charge on any atom is 0.0962 e. The first-order valence-electron chi connectivity index (χ1n) is 3.05. The molecule has 1 aliphatic heterocycles. The van der Waals surface area contributed by atoms with Crippen LogP contribution in [-0.2, 0) is 0 Å². The summed E-state index contributed by atoms with van der Waals surface area (Å²) in [5.74, 6) is 0.617. The van der Waals surface area contributed by atoms with Gasteiger partial charge in [-0.3, -0.25) is 10.3 Å². The zero-order valence-corrected chi connectivity index (χ0v) is 5.39. The molecule has 0 aromatic heterocycles. The second-order valence-electron chi connectivity index (χ2n) is 2.36. The van der Waals surface area contributed by atoms with Crippen molar-refractivity contribution in [3.05, 3.63) is 0 Å². The van der Waals surface area contributed by atoms with Crippen LogP contribution in [0, 0.1) is 5.92 Å². The molecule has 2 nitrogen and oxygen atoms in total. The van der Waals surface area contributed by atoms with Crippen molar-refractivity contribution in [3.63, 3.8) is 0 Å². The average Bonchev–Trinajstić information content (AvgIpc) is 1.77. The van der Waals surface area contributed by atoms with Crippen molar-refractivity contribution in [1.82, 2.24) is 5.32 Å². The quantitative estimate of drug-likeness (QED) is 0.488. The minimum Gasteiger partial charge on any atom is -0.295 e. The molecule has 2 heteroatoms. The Morgan fingerprint density at radius 3 is 2.75 bits per heavy atom. The van der Waals surface area contributed by atoms with Gasteiger partial charge in [0.15, 0.2) is 0 Å². The molecular formula is C6H12N2. The van der Waals surface area contributed by atoms with Crippen molar-refractivity contribution >= 4 is 6.21 Å². The molecule has 0 radical (unpaired) electrons. The number of nitrogens with zero attached hydrogens (tertiary/aromatic N) is 1. The summed E-state index contributed by atoms with van der Waals surface area (Å²) in [5.41, 5.74) is 0. The maximum atomic E-state index is 4.17. The lowest BCUT2D eigenvalue weighted by atomic mass is 10.2. The lowest BCUT2D eigenvalue weighted by Crippen LogP contribution is -2.33. The van der Waals surface area contributed by atoms with E-state index in [4.69, 9.17) is 0 Å². The molecule has 0 bridgehead atoms. The van der Waals surface area contributed by atoms with Crippen molar-refractivity contribution in [2.45, 2.75) is 20.0 Å². The van der Waals surface area contributed by atoms with Gasteiger partial charge in [-0.05, 0) is 6.92 Å². The molecule has 1 N–H and O–H groups in total. The molecule has 0 aromatic carbocycles. The van der Waals surface area contributed by atoms with Crippen LogP contribution in [0.15, 0.2) is 4.99 Å². The summed E-state index contributed by atoms with van der Waals surface area (Å²) in [6, 6.07) is 0. The largest absolute Gasteiger partial charge is 0.295 e. The van der Waals surface area contributed by atoms with E-state index in [0.29, 0.717) is 12.1 Å². The van der Waals surface area contributed by atoms with Crippen LogP contribution >= 0.6 is 0 Å². The van der Waals surface area contributed by atoms with Crippen LogP contribution in [0.4, 0.5) is 0 Å². The molecule has 0 fully saturated rings. The third kappa shape index (κ3) is 1.30. The number of hydrogen-bond acceptors (Lipinski definition) is 2. The molecule has 0 saturated carbocycles. The van der Waals surface area contributed by atoms with Gasteiger partial charge in [-0.25, -0.2) is 0 Å². The smallest absolute Gasteiger partial charge is 0.0962 e. The van der Waals surface area contributed by atoms with Crippen LogP contribution < -0.4 is 5.32 Å². The molecule has 0 aromatic rings. The van der Waals surface area contributed by atoms with E-state index in [-0.39, 0.29) is 0 Å². The second kappa shape index (κ2) is 2.27. The summed E-state index contributed by atoms with van der Waals surface area (Å²) < 4.78 is 0. The standard InChI is InChI=1S/C6H12N2/c1-5-3-7-6(2)8-4-5/h3,5-6,8H,4H2,1-2H3. The Morgan fingerprint density at radius 1 is 1.62 bits per heavy atom. The SMILES string of the molecule is CC1C=NC(C)NC1. The van der Waals surface area contributed by atoms with E-state index >= 15 is 0 Å². The van der Waals surface area contributed by atoms with E-state index in [1.165, 1.54) is 0 Å². The third-order valence-corrected chi connectivity index (χ3v) is 1.30. The monoisotopic (exact) mass is 112 g/mol. The predicted molar refractivity (Wildman–Crippen MR) is 35.1 cm³/mol. The summed E-state index contributed by atoms with van der Waals surface area (Å²) in [6.45, 7) is 5.29. The van der Waals surface area contributed by atoms with E-state index in [1.54, 1.807) is 0 Å². The number of aliphatic imine (C=N–C) groups is 1. The normalized spacial score (nSPS) is 37.8. The van der Waals surface area contributed by atoms with Crippen molar-refractivity contribution in [2.75, 3.05) is 6.54 Å². The fourth-order valence-corrected chi connectivity index (χ4v) is 0.738. The van der Waals surface area contributed by atoms with Gasteiger partial charge in [-0.15, -0.1) is 0 Å². The Hall–Kier alpha value is -0.370. The first-order valence-corrected chi connectivity index (χ1v) is 3.05. The number of rotatable bonds is 0. The molecule has 1 rings (SSSR count). The Labute approximate surface area is 50.0 Å². The summed E-state index contributed by atoms with van der Waals surface area (Å²) in [4.78, 5) is 4.17. The van der Waals surface area contributed by atoms with E-state index in [9.17, 15) is 0 Å². The number of hydrogen-bond donors (Lipinski definition) is 1. The lowest BCUT2D eigenvalue weighted by molar-refractivity contribution is 0.508. The van der Waals surface area contributed by atoms with Gasteiger partial charge in [0.25, 0.3) is 0 Å². The van der Waals surface area contributed by atoms with Crippen molar-refractivity contribution in [3.8, 4) is 0 Å². The zero-order chi connectivity index (χ0) is 5.98. The van der Waals surface area contributed by atoms with Crippen LogP contribution in [0.2, 0.25) is 0 Å². The van der Waals surface area contributed by atoms with Crippen LogP contribution in [0.5, 0.6) is 0 Å². The van der Waals surface area contributed by atoms with Crippen molar-refractivity contribution < 1.29 is 0 Å². The summed E-state index contributed by atoms with van der Waals surface area (Å²) >= 11 is 0. The van der Waals surface area contributed by atoms with Gasteiger partial charge < -0.3 is 0 Å². The van der Waals surface area contributed by atoms with Crippen LogP contribution in [0.25, 0.3) is 0 Å². The van der Waals surface area contributed by atoms with Crippen LogP contribution in [0.1, 0.15) is 13.8 Å². The topological polar surface area (TPSA) is 24.4 Å². The Balaban J connectivity index is 2.42. The summed E-state index contributed by atoms with van der Waals surface area (Å²) in [7, 11) is 0. The minimum atomic E-state index is 0.339. The predicted octanol–water partition coefficient (Wildman–Crippen LogP) is 0.643. The minimum absolute atomic E-state index is 0.339. The van der Waals surface area contributed by atoms with Crippen molar-refractivity contribution in [1.29, 1.82) is 0 Å². The van der Waals surface area contributed by atoms with Crippen LogP contribution in [0.3, 0.4) is 0 Å².